The van der Waals surface area contributed by atoms with E-state index in [2.05, 4.69) is 5.32 Å². The normalized spacial score (nSPS) is 16.6. The summed E-state index contributed by atoms with van der Waals surface area (Å²) >= 11 is 11.9. The molecule has 0 aliphatic carbocycles. The molecule has 1 fully saturated rings. The summed E-state index contributed by atoms with van der Waals surface area (Å²) in [6, 6.07) is 5.28. The van der Waals surface area contributed by atoms with Gasteiger partial charge in [-0.05, 0) is 12.1 Å². The van der Waals surface area contributed by atoms with Crippen molar-refractivity contribution < 1.29 is 4.79 Å². The molecule has 1 aromatic rings. The van der Waals surface area contributed by atoms with E-state index in [4.69, 9.17) is 28.9 Å². The lowest BCUT2D eigenvalue weighted by atomic mass is 10.1. The Bertz CT molecular complexity index is 412. The van der Waals surface area contributed by atoms with Crippen LogP contribution in [-0.4, -0.2) is 36.5 Å². The molecule has 0 radical (unpaired) electrons. The number of nitrogens with one attached hydrogen (secondary N) is 1. The first-order valence-electron chi connectivity index (χ1n) is 5.28. The minimum absolute atomic E-state index is 0.132. The molecule has 6 heteroatoms. The van der Waals surface area contributed by atoms with Gasteiger partial charge in [0.25, 0.3) is 0 Å². The molecule has 1 saturated heterocycles. The molecular formula is C11H13Cl2N3O. The standard InChI is InChI=1S/C11H13Cl2N3O/c12-8-2-1-3-9(13)11(8)15-10(17)6-16-4-7(14)5-16/h1-3,7H,4-6,14H2,(H,15,17). The van der Waals surface area contributed by atoms with E-state index in [9.17, 15) is 4.79 Å². The number of hydrogen-bond donors (Lipinski definition) is 2. The Morgan fingerprint density at radius 2 is 2.00 bits per heavy atom. The zero-order valence-electron chi connectivity index (χ0n) is 9.12. The summed E-state index contributed by atoms with van der Waals surface area (Å²) in [7, 11) is 0. The smallest absolute Gasteiger partial charge is 0.238 e. The van der Waals surface area contributed by atoms with E-state index in [-0.39, 0.29) is 11.9 Å². The fraction of sp³-hybridized carbons (Fsp3) is 0.364. The van der Waals surface area contributed by atoms with Crippen LogP contribution in [0.25, 0.3) is 0 Å². The Morgan fingerprint density at radius 1 is 1.41 bits per heavy atom. The average Bonchev–Trinajstić information content (AvgIpc) is 2.21. The van der Waals surface area contributed by atoms with Crippen molar-refractivity contribution in [3.05, 3.63) is 28.2 Å². The topological polar surface area (TPSA) is 58.4 Å². The quantitative estimate of drug-likeness (QED) is 0.879. The van der Waals surface area contributed by atoms with Crippen LogP contribution in [-0.2, 0) is 4.79 Å². The zero-order valence-corrected chi connectivity index (χ0v) is 10.6. The van der Waals surface area contributed by atoms with Crippen LogP contribution in [0, 0.1) is 0 Å². The molecule has 0 saturated carbocycles. The van der Waals surface area contributed by atoms with Gasteiger partial charge in [-0.25, -0.2) is 0 Å². The molecule has 0 unspecified atom stereocenters. The maximum Gasteiger partial charge on any atom is 0.238 e. The van der Waals surface area contributed by atoms with E-state index in [1.165, 1.54) is 0 Å². The fourth-order valence-electron chi connectivity index (χ4n) is 1.74. The third-order valence-corrected chi connectivity index (χ3v) is 3.21. The molecule has 1 amide bonds. The molecular weight excluding hydrogens is 261 g/mol. The largest absolute Gasteiger partial charge is 0.325 e. The van der Waals surface area contributed by atoms with Gasteiger partial charge in [-0.15, -0.1) is 0 Å². The molecule has 0 bridgehead atoms. The second-order valence-corrected chi connectivity index (χ2v) is 4.91. The van der Waals surface area contributed by atoms with Gasteiger partial charge in [0, 0.05) is 19.1 Å². The highest BCUT2D eigenvalue weighted by atomic mass is 35.5. The van der Waals surface area contributed by atoms with Gasteiger partial charge in [-0.1, -0.05) is 29.3 Å². The third kappa shape index (κ3) is 3.10. The Balaban J connectivity index is 1.94. The van der Waals surface area contributed by atoms with Crippen molar-refractivity contribution in [2.45, 2.75) is 6.04 Å². The number of nitrogens with two attached hydrogens (primary N) is 1. The number of para-hydroxylation sites is 1. The number of likely N-dealkylation sites (tertiary alicyclic amines) is 1. The third-order valence-electron chi connectivity index (χ3n) is 2.58. The van der Waals surface area contributed by atoms with Crippen LogP contribution in [0.4, 0.5) is 5.69 Å². The van der Waals surface area contributed by atoms with Crippen molar-refractivity contribution in [1.29, 1.82) is 0 Å². The van der Waals surface area contributed by atoms with Gasteiger partial charge in [0.1, 0.15) is 0 Å². The predicted molar refractivity (Wildman–Crippen MR) is 69.5 cm³/mol. The van der Waals surface area contributed by atoms with E-state index < -0.39 is 0 Å². The van der Waals surface area contributed by atoms with Gasteiger partial charge in [0.2, 0.25) is 5.91 Å². The lowest BCUT2D eigenvalue weighted by Gasteiger charge is -2.36. The molecule has 0 atom stereocenters. The number of anilines is 1. The summed E-state index contributed by atoms with van der Waals surface area (Å²) in [6.07, 6.45) is 0. The van der Waals surface area contributed by atoms with Gasteiger partial charge in [-0.2, -0.15) is 0 Å². The predicted octanol–water partition coefficient (Wildman–Crippen LogP) is 1.57. The Labute approximate surface area is 110 Å². The summed E-state index contributed by atoms with van der Waals surface area (Å²) in [5.41, 5.74) is 6.09. The minimum atomic E-state index is -0.132. The number of amides is 1. The molecule has 1 aromatic carbocycles. The monoisotopic (exact) mass is 273 g/mol. The van der Waals surface area contributed by atoms with Crippen LogP contribution < -0.4 is 11.1 Å². The van der Waals surface area contributed by atoms with Gasteiger partial charge < -0.3 is 11.1 Å². The maximum atomic E-state index is 11.7. The lowest BCUT2D eigenvalue weighted by molar-refractivity contribution is -0.118. The summed E-state index contributed by atoms with van der Waals surface area (Å²) in [5.74, 6) is -0.132. The molecule has 1 heterocycles. The summed E-state index contributed by atoms with van der Waals surface area (Å²) in [4.78, 5) is 13.7. The minimum Gasteiger partial charge on any atom is -0.325 e. The Kier molecular flexibility index (Phi) is 3.89. The van der Waals surface area contributed by atoms with Crippen LogP contribution in [0.1, 0.15) is 0 Å². The zero-order chi connectivity index (χ0) is 12.4. The van der Waals surface area contributed by atoms with Crippen molar-refractivity contribution in [1.82, 2.24) is 4.90 Å². The number of hydrogen-bond acceptors (Lipinski definition) is 3. The van der Waals surface area contributed by atoms with Crippen LogP contribution >= 0.6 is 23.2 Å². The Hall–Kier alpha value is -0.810. The summed E-state index contributed by atoms with van der Waals surface area (Å²) in [5, 5.41) is 3.58. The summed E-state index contributed by atoms with van der Waals surface area (Å²) in [6.45, 7) is 1.82. The molecule has 2 rings (SSSR count). The van der Waals surface area contributed by atoms with Crippen LogP contribution in [0.3, 0.4) is 0 Å². The van der Waals surface area contributed by atoms with E-state index in [1.807, 2.05) is 4.90 Å². The highest BCUT2D eigenvalue weighted by Gasteiger charge is 2.25. The van der Waals surface area contributed by atoms with Gasteiger partial charge >= 0.3 is 0 Å². The first kappa shape index (κ1) is 12.6. The number of halogens is 2. The van der Waals surface area contributed by atoms with Crippen molar-refractivity contribution in [2.24, 2.45) is 5.73 Å². The SMILES string of the molecule is NC1CN(CC(=O)Nc2c(Cl)cccc2Cl)C1. The van der Waals surface area contributed by atoms with Gasteiger partial charge in [0.05, 0.1) is 22.3 Å². The van der Waals surface area contributed by atoms with Crippen molar-refractivity contribution in [2.75, 3.05) is 25.0 Å². The maximum absolute atomic E-state index is 11.7. The van der Waals surface area contributed by atoms with Crippen molar-refractivity contribution >= 4 is 34.8 Å². The van der Waals surface area contributed by atoms with E-state index >= 15 is 0 Å². The lowest BCUT2D eigenvalue weighted by Crippen LogP contribution is -2.57. The first-order valence-corrected chi connectivity index (χ1v) is 6.03. The van der Waals surface area contributed by atoms with Crippen molar-refractivity contribution in [3.8, 4) is 0 Å². The molecule has 0 aromatic heterocycles. The second-order valence-electron chi connectivity index (χ2n) is 4.10. The summed E-state index contributed by atoms with van der Waals surface area (Å²) < 4.78 is 0. The average molecular weight is 274 g/mol. The molecule has 1 aliphatic rings. The van der Waals surface area contributed by atoms with Gasteiger partial charge in [0.15, 0.2) is 0 Å². The number of carbonyl (C=O) groups excluding carboxylic acids is 1. The number of carbonyl (C=O) groups is 1. The van der Waals surface area contributed by atoms with Crippen LogP contribution in [0.15, 0.2) is 18.2 Å². The second kappa shape index (κ2) is 5.23. The van der Waals surface area contributed by atoms with Crippen LogP contribution in [0.5, 0.6) is 0 Å². The number of benzene rings is 1. The fourth-order valence-corrected chi connectivity index (χ4v) is 2.23. The van der Waals surface area contributed by atoms with E-state index in [0.717, 1.165) is 13.1 Å². The van der Waals surface area contributed by atoms with Gasteiger partial charge in [-0.3, -0.25) is 9.69 Å². The molecule has 92 valence electrons. The number of nitrogens with zero attached hydrogens (tertiary/aromatic N) is 1. The Morgan fingerprint density at radius 3 is 2.53 bits per heavy atom. The number of rotatable bonds is 3. The highest BCUT2D eigenvalue weighted by Crippen LogP contribution is 2.29. The van der Waals surface area contributed by atoms with E-state index in [0.29, 0.717) is 22.3 Å². The van der Waals surface area contributed by atoms with Crippen molar-refractivity contribution in [3.63, 3.8) is 0 Å². The molecule has 3 N–H and O–H groups in total. The molecule has 4 nitrogen and oxygen atoms in total. The first-order chi connectivity index (χ1) is 8.06. The van der Waals surface area contributed by atoms with Crippen LogP contribution in [0.2, 0.25) is 10.0 Å². The highest BCUT2D eigenvalue weighted by molar-refractivity contribution is 6.39. The molecule has 17 heavy (non-hydrogen) atoms. The molecule has 0 spiro atoms. The molecule has 1 aliphatic heterocycles. The van der Waals surface area contributed by atoms with E-state index in [1.54, 1.807) is 18.2 Å².